The molecule has 5 nitrogen and oxygen atoms in total. The average molecular weight is 285 g/mol. The molecule has 0 atom stereocenters. The molecular formula is C16H23N5. The number of likely N-dealkylation sites (N-methyl/N-ethyl adjacent to an activating group) is 1. The summed E-state index contributed by atoms with van der Waals surface area (Å²) >= 11 is 0. The molecule has 0 spiro atoms. The summed E-state index contributed by atoms with van der Waals surface area (Å²) in [6, 6.07) is 6.01. The Balaban J connectivity index is 2.17. The number of hydrogen-bond donors (Lipinski definition) is 1. The monoisotopic (exact) mass is 285 g/mol. The Kier molecular flexibility index (Phi) is 5.09. The van der Waals surface area contributed by atoms with Crippen LogP contribution in [0.1, 0.15) is 31.0 Å². The van der Waals surface area contributed by atoms with Gasteiger partial charge in [-0.15, -0.1) is 0 Å². The smallest absolute Gasteiger partial charge is 0.137 e. The molecule has 2 heterocycles. The van der Waals surface area contributed by atoms with E-state index in [9.17, 15) is 0 Å². The van der Waals surface area contributed by atoms with Crippen LogP contribution in [0, 0.1) is 0 Å². The molecule has 0 aliphatic rings. The molecule has 1 N–H and O–H groups in total. The lowest BCUT2D eigenvalue weighted by molar-refractivity contribution is 0.794. The van der Waals surface area contributed by atoms with Crippen LogP contribution in [-0.2, 0) is 6.42 Å². The molecule has 0 saturated carbocycles. The average Bonchev–Trinajstić information content (AvgIpc) is 2.52. The van der Waals surface area contributed by atoms with Gasteiger partial charge in [0.25, 0.3) is 0 Å². The first-order valence-electron chi connectivity index (χ1n) is 7.27. The third-order valence-electron chi connectivity index (χ3n) is 3.47. The summed E-state index contributed by atoms with van der Waals surface area (Å²) < 4.78 is 0. The first-order valence-corrected chi connectivity index (χ1v) is 7.27. The summed E-state index contributed by atoms with van der Waals surface area (Å²) in [6.07, 6.45) is 4.34. The Morgan fingerprint density at radius 3 is 2.62 bits per heavy atom. The molecule has 0 aromatic carbocycles. The van der Waals surface area contributed by atoms with Crippen molar-refractivity contribution >= 4 is 11.6 Å². The van der Waals surface area contributed by atoms with Gasteiger partial charge in [-0.2, -0.15) is 0 Å². The third kappa shape index (κ3) is 3.68. The normalized spacial score (nSPS) is 10.7. The fourth-order valence-electron chi connectivity index (χ4n) is 2.36. The van der Waals surface area contributed by atoms with Crippen LogP contribution in [0.2, 0.25) is 0 Å². The Bertz CT molecular complexity index is 568. The minimum atomic E-state index is 0.362. The number of rotatable bonds is 6. The van der Waals surface area contributed by atoms with Gasteiger partial charge in [-0.05, 0) is 18.1 Å². The summed E-state index contributed by atoms with van der Waals surface area (Å²) in [4.78, 5) is 15.3. The number of aromatic nitrogens is 3. The van der Waals surface area contributed by atoms with E-state index in [1.807, 2.05) is 25.4 Å². The molecule has 112 valence electrons. The van der Waals surface area contributed by atoms with Crippen molar-refractivity contribution in [3.63, 3.8) is 0 Å². The van der Waals surface area contributed by atoms with Crippen molar-refractivity contribution in [1.29, 1.82) is 0 Å². The predicted octanol–water partition coefficient (Wildman–Crippen LogP) is 2.72. The second-order valence-corrected chi connectivity index (χ2v) is 5.36. The second-order valence-electron chi connectivity index (χ2n) is 5.36. The lowest BCUT2D eigenvalue weighted by atomic mass is 10.0. The fourth-order valence-corrected chi connectivity index (χ4v) is 2.36. The zero-order valence-electron chi connectivity index (χ0n) is 13.2. The molecule has 21 heavy (non-hydrogen) atoms. The van der Waals surface area contributed by atoms with Gasteiger partial charge in [0.15, 0.2) is 0 Å². The molecule has 0 saturated heterocycles. The first-order chi connectivity index (χ1) is 10.1. The summed E-state index contributed by atoms with van der Waals surface area (Å²) in [5, 5.41) is 3.16. The highest BCUT2D eigenvalue weighted by Crippen LogP contribution is 2.29. The number of nitrogens with zero attached hydrogens (tertiary/aromatic N) is 4. The Labute approximate surface area is 126 Å². The molecule has 0 bridgehead atoms. The van der Waals surface area contributed by atoms with Crippen molar-refractivity contribution < 1.29 is 0 Å². The minimum Gasteiger partial charge on any atom is -0.373 e. The van der Waals surface area contributed by atoms with Gasteiger partial charge in [0.05, 0.1) is 0 Å². The SMILES string of the molecule is CNc1ncnc(N(C)CCc2ccccn2)c1C(C)C. The quantitative estimate of drug-likeness (QED) is 0.884. The third-order valence-corrected chi connectivity index (χ3v) is 3.47. The van der Waals surface area contributed by atoms with Crippen molar-refractivity contribution in [3.05, 3.63) is 42.0 Å². The van der Waals surface area contributed by atoms with Crippen molar-refractivity contribution in [2.24, 2.45) is 0 Å². The van der Waals surface area contributed by atoms with Crippen molar-refractivity contribution in [2.45, 2.75) is 26.2 Å². The minimum absolute atomic E-state index is 0.362. The highest BCUT2D eigenvalue weighted by Gasteiger charge is 2.17. The van der Waals surface area contributed by atoms with Gasteiger partial charge in [0.2, 0.25) is 0 Å². The van der Waals surface area contributed by atoms with Crippen LogP contribution < -0.4 is 10.2 Å². The maximum Gasteiger partial charge on any atom is 0.137 e. The van der Waals surface area contributed by atoms with E-state index in [2.05, 4.69) is 52.1 Å². The molecule has 2 aromatic rings. The van der Waals surface area contributed by atoms with Crippen LogP contribution in [0.15, 0.2) is 30.7 Å². The van der Waals surface area contributed by atoms with Gasteiger partial charge >= 0.3 is 0 Å². The predicted molar refractivity (Wildman–Crippen MR) is 86.9 cm³/mol. The summed E-state index contributed by atoms with van der Waals surface area (Å²) in [5.41, 5.74) is 2.25. The molecular weight excluding hydrogens is 262 g/mol. The van der Waals surface area contributed by atoms with Crippen LogP contribution in [0.5, 0.6) is 0 Å². The van der Waals surface area contributed by atoms with Crippen molar-refractivity contribution in [1.82, 2.24) is 15.0 Å². The summed E-state index contributed by atoms with van der Waals surface area (Å²) in [6.45, 7) is 5.20. The molecule has 5 heteroatoms. The van der Waals surface area contributed by atoms with Gasteiger partial charge in [-0.1, -0.05) is 19.9 Å². The second kappa shape index (κ2) is 7.02. The maximum absolute atomic E-state index is 4.48. The lowest BCUT2D eigenvalue weighted by Gasteiger charge is -2.23. The largest absolute Gasteiger partial charge is 0.373 e. The zero-order valence-corrected chi connectivity index (χ0v) is 13.2. The molecule has 0 fully saturated rings. The van der Waals surface area contributed by atoms with Gasteiger partial charge in [0.1, 0.15) is 18.0 Å². The van der Waals surface area contributed by atoms with Crippen LogP contribution in [0.3, 0.4) is 0 Å². The molecule has 0 unspecified atom stereocenters. The van der Waals surface area contributed by atoms with E-state index < -0.39 is 0 Å². The van der Waals surface area contributed by atoms with Crippen LogP contribution >= 0.6 is 0 Å². The van der Waals surface area contributed by atoms with E-state index in [0.29, 0.717) is 5.92 Å². The number of hydrogen-bond acceptors (Lipinski definition) is 5. The number of anilines is 2. The van der Waals surface area contributed by atoms with E-state index in [-0.39, 0.29) is 0 Å². The standard InChI is InChI=1S/C16H23N5/c1-12(2)14-15(17-3)19-11-20-16(14)21(4)10-8-13-7-5-6-9-18-13/h5-7,9,11-12H,8,10H2,1-4H3,(H,17,19,20). The number of nitrogens with one attached hydrogen (secondary N) is 1. The molecule has 0 radical (unpaired) electrons. The Hall–Kier alpha value is -2.17. The number of pyridine rings is 1. The topological polar surface area (TPSA) is 53.9 Å². The Morgan fingerprint density at radius 2 is 2.00 bits per heavy atom. The molecule has 0 amide bonds. The van der Waals surface area contributed by atoms with E-state index in [0.717, 1.165) is 35.9 Å². The van der Waals surface area contributed by atoms with Crippen LogP contribution in [0.4, 0.5) is 11.6 Å². The highest BCUT2D eigenvalue weighted by atomic mass is 15.2. The zero-order chi connectivity index (χ0) is 15.2. The fraction of sp³-hybridized carbons (Fsp3) is 0.438. The molecule has 2 rings (SSSR count). The van der Waals surface area contributed by atoms with Crippen LogP contribution in [0.25, 0.3) is 0 Å². The van der Waals surface area contributed by atoms with E-state index in [1.165, 1.54) is 0 Å². The van der Waals surface area contributed by atoms with Gasteiger partial charge in [-0.3, -0.25) is 4.98 Å². The lowest BCUT2D eigenvalue weighted by Crippen LogP contribution is -2.24. The Morgan fingerprint density at radius 1 is 1.19 bits per heavy atom. The first kappa shape index (κ1) is 15.2. The maximum atomic E-state index is 4.48. The van der Waals surface area contributed by atoms with Gasteiger partial charge in [-0.25, -0.2) is 9.97 Å². The van der Waals surface area contributed by atoms with Crippen molar-refractivity contribution in [3.8, 4) is 0 Å². The van der Waals surface area contributed by atoms with Crippen molar-refractivity contribution in [2.75, 3.05) is 30.9 Å². The molecule has 0 aliphatic heterocycles. The summed E-state index contributed by atoms with van der Waals surface area (Å²) in [5.74, 6) is 2.25. The molecule has 0 aliphatic carbocycles. The summed E-state index contributed by atoms with van der Waals surface area (Å²) in [7, 11) is 3.96. The van der Waals surface area contributed by atoms with Gasteiger partial charge < -0.3 is 10.2 Å². The van der Waals surface area contributed by atoms with Gasteiger partial charge in [0, 0.05) is 44.5 Å². The van der Waals surface area contributed by atoms with E-state index in [1.54, 1.807) is 6.33 Å². The van der Waals surface area contributed by atoms with E-state index >= 15 is 0 Å². The van der Waals surface area contributed by atoms with E-state index in [4.69, 9.17) is 0 Å². The van der Waals surface area contributed by atoms with Crippen LogP contribution in [-0.4, -0.2) is 35.6 Å². The molecule has 2 aromatic heterocycles. The highest BCUT2D eigenvalue weighted by molar-refractivity contribution is 5.59.